The van der Waals surface area contributed by atoms with Crippen LogP contribution >= 0.6 is 11.6 Å². The first-order chi connectivity index (χ1) is 28.8. The van der Waals surface area contributed by atoms with Crippen molar-refractivity contribution in [1.82, 2.24) is 29.8 Å². The van der Waals surface area contributed by atoms with Gasteiger partial charge in [-0.25, -0.2) is 0 Å². The number of hydrogen-bond acceptors (Lipinski definition) is 6. The van der Waals surface area contributed by atoms with Gasteiger partial charge in [-0.1, -0.05) is 93.9 Å². The molecule has 7 rings (SSSR count). The van der Waals surface area contributed by atoms with Crippen LogP contribution in [0.25, 0.3) is 10.8 Å². The molecule has 4 aliphatic rings. The average molecular weight is 842 g/mol. The third-order valence-corrected chi connectivity index (χ3v) is 13.9. The van der Waals surface area contributed by atoms with Crippen molar-refractivity contribution in [1.29, 1.82) is 0 Å². The smallest absolute Gasteiger partial charge is 0.223 e. The molecule has 4 heterocycles. The van der Waals surface area contributed by atoms with Crippen molar-refractivity contribution in [2.75, 3.05) is 65.4 Å². The summed E-state index contributed by atoms with van der Waals surface area (Å²) in [4.78, 5) is 59.9. The predicted octanol–water partition coefficient (Wildman–Crippen LogP) is 7.49. The van der Waals surface area contributed by atoms with Gasteiger partial charge in [0.05, 0.1) is 6.04 Å². The molecule has 3 aromatic carbocycles. The molecule has 1 unspecified atom stereocenters. The molecule has 4 amide bonds. The minimum absolute atomic E-state index is 0.0720. The Balaban J connectivity index is 0.000000243. The van der Waals surface area contributed by atoms with Gasteiger partial charge in [0.2, 0.25) is 23.6 Å². The van der Waals surface area contributed by atoms with Crippen LogP contribution in [0.1, 0.15) is 97.2 Å². The van der Waals surface area contributed by atoms with E-state index in [1.165, 1.54) is 21.9 Å². The summed E-state index contributed by atoms with van der Waals surface area (Å²) in [5.41, 5.74) is 2.50. The van der Waals surface area contributed by atoms with E-state index in [9.17, 15) is 19.2 Å². The van der Waals surface area contributed by atoms with Crippen LogP contribution in [-0.4, -0.2) is 126 Å². The van der Waals surface area contributed by atoms with Gasteiger partial charge in [-0.05, 0) is 83.4 Å². The monoisotopic (exact) mass is 841 g/mol. The average Bonchev–Trinajstić information content (AvgIpc) is 3.25. The van der Waals surface area contributed by atoms with Crippen molar-refractivity contribution in [2.45, 2.75) is 98.2 Å². The number of piperazine rings is 2. The van der Waals surface area contributed by atoms with Crippen molar-refractivity contribution >= 4 is 46.0 Å². The van der Waals surface area contributed by atoms with Crippen LogP contribution in [0.3, 0.4) is 0 Å². The molecule has 0 aliphatic carbocycles. The first-order valence-electron chi connectivity index (χ1n) is 22.6. The second kappa shape index (κ2) is 21.2. The first-order valence-corrected chi connectivity index (χ1v) is 23.0. The molecule has 10 nitrogen and oxygen atoms in total. The summed E-state index contributed by atoms with van der Waals surface area (Å²) >= 11 is 6.29. The number of amides is 4. The Bertz CT molecular complexity index is 1900. The highest BCUT2D eigenvalue weighted by molar-refractivity contribution is 6.30. The highest BCUT2D eigenvalue weighted by Crippen LogP contribution is 2.37. The predicted molar refractivity (Wildman–Crippen MR) is 242 cm³/mol. The molecule has 60 heavy (non-hydrogen) atoms. The molecule has 11 heteroatoms. The maximum atomic E-state index is 13.6. The van der Waals surface area contributed by atoms with E-state index < -0.39 is 0 Å². The summed E-state index contributed by atoms with van der Waals surface area (Å²) in [5, 5.41) is 6.62. The number of nitrogens with zero attached hydrogens (tertiary/aromatic N) is 5. The quantitative estimate of drug-likeness (QED) is 0.240. The molecule has 326 valence electrons. The van der Waals surface area contributed by atoms with Crippen molar-refractivity contribution in [3.8, 4) is 0 Å². The Morgan fingerprint density at radius 2 is 1.18 bits per heavy atom. The number of halogens is 1. The molecule has 0 radical (unpaired) electrons. The third-order valence-electron chi connectivity index (χ3n) is 13.6. The number of piperidine rings is 2. The van der Waals surface area contributed by atoms with Gasteiger partial charge in [0.15, 0.2) is 0 Å². The molecule has 4 fully saturated rings. The summed E-state index contributed by atoms with van der Waals surface area (Å²) in [7, 11) is 0. The summed E-state index contributed by atoms with van der Waals surface area (Å²) in [5.74, 6) is 2.49. The van der Waals surface area contributed by atoms with Crippen LogP contribution in [0.5, 0.6) is 0 Å². The standard InChI is InChI=1S/C33H40ClN3O2.C16H29N3O2/c1-23(2)31-22-36(19-20-37(31)32(39)21-25-15-17-35(18-16-25)24(3)38)33(27-11-13-28(34)14-12-27)30-10-6-8-26-7-4-5-9-29(26)30;1-12(2)15-11-17-6-9-19(15)16(21)10-14-4-7-18(8-5-14)13(3)20/h4-14,23,25,31,33H,15-22H2,1-3H3;12,14-15,17H,4-11H2,1-3H3/t31-,33?;15-/m11/s1. The highest BCUT2D eigenvalue weighted by atomic mass is 35.5. The van der Waals surface area contributed by atoms with Crippen molar-refractivity contribution in [2.24, 2.45) is 23.7 Å². The van der Waals surface area contributed by atoms with E-state index in [1.807, 2.05) is 21.9 Å². The molecule has 3 atom stereocenters. The summed E-state index contributed by atoms with van der Waals surface area (Å²) in [6.45, 7) is 20.2. The fraction of sp³-hybridized carbons (Fsp3) is 0.592. The van der Waals surface area contributed by atoms with Gasteiger partial charge in [0.1, 0.15) is 0 Å². The first kappa shape index (κ1) is 45.5. The second-order valence-electron chi connectivity index (χ2n) is 18.3. The maximum Gasteiger partial charge on any atom is 0.223 e. The van der Waals surface area contributed by atoms with E-state index in [2.05, 4.69) is 102 Å². The zero-order chi connectivity index (χ0) is 42.9. The molecule has 1 N–H and O–H groups in total. The number of rotatable bonds is 9. The molecular weight excluding hydrogens is 772 g/mol. The molecular formula is C49H69ClN6O4. The van der Waals surface area contributed by atoms with E-state index in [4.69, 9.17) is 11.6 Å². The zero-order valence-electron chi connectivity index (χ0n) is 37.0. The molecule has 0 saturated carbocycles. The topological polar surface area (TPSA) is 96.5 Å². The van der Waals surface area contributed by atoms with Crippen molar-refractivity contribution in [3.05, 3.63) is 82.9 Å². The van der Waals surface area contributed by atoms with E-state index >= 15 is 0 Å². The Kier molecular flexibility index (Phi) is 16.1. The largest absolute Gasteiger partial charge is 0.343 e. The molecule has 0 bridgehead atoms. The molecule has 4 saturated heterocycles. The van der Waals surface area contributed by atoms with Crippen molar-refractivity contribution < 1.29 is 19.2 Å². The lowest BCUT2D eigenvalue weighted by molar-refractivity contribution is -0.140. The SMILES string of the molecule is CC(=O)N1CCC(CC(=O)N2CCN(C(c3ccc(Cl)cc3)c3cccc4ccccc34)C[C@@H]2C(C)C)CC1.CC(=O)N1CCC(CC(=O)N2CCNC[C@@H]2C(C)C)CC1. The zero-order valence-corrected chi connectivity index (χ0v) is 37.7. The Labute approximate surface area is 363 Å². The van der Waals surface area contributed by atoms with Gasteiger partial charge in [0.25, 0.3) is 0 Å². The lowest BCUT2D eigenvalue weighted by Crippen LogP contribution is -2.58. The second-order valence-corrected chi connectivity index (χ2v) is 18.8. The number of carbonyl (C=O) groups excluding carboxylic acids is 4. The fourth-order valence-electron chi connectivity index (χ4n) is 9.93. The summed E-state index contributed by atoms with van der Waals surface area (Å²) < 4.78 is 0. The van der Waals surface area contributed by atoms with Crippen LogP contribution in [0.4, 0.5) is 0 Å². The van der Waals surface area contributed by atoms with Gasteiger partial charge >= 0.3 is 0 Å². The van der Waals surface area contributed by atoms with Crippen molar-refractivity contribution in [3.63, 3.8) is 0 Å². The number of likely N-dealkylation sites (tertiary alicyclic amines) is 2. The Morgan fingerprint density at radius 1 is 0.650 bits per heavy atom. The van der Waals surface area contributed by atoms with E-state index in [0.29, 0.717) is 48.5 Å². The molecule has 0 aromatic heterocycles. The van der Waals surface area contributed by atoms with Gasteiger partial charge in [0, 0.05) is 109 Å². The lowest BCUT2D eigenvalue weighted by Gasteiger charge is -2.47. The number of hydrogen-bond donors (Lipinski definition) is 1. The van der Waals surface area contributed by atoms with Gasteiger partial charge in [-0.2, -0.15) is 0 Å². The number of nitrogens with one attached hydrogen (secondary N) is 1. The van der Waals surface area contributed by atoms with Crippen LogP contribution < -0.4 is 5.32 Å². The van der Waals surface area contributed by atoms with Gasteiger partial charge < -0.3 is 24.9 Å². The fourth-order valence-corrected chi connectivity index (χ4v) is 10.1. The highest BCUT2D eigenvalue weighted by Gasteiger charge is 2.38. The minimum atomic E-state index is 0.0720. The lowest BCUT2D eigenvalue weighted by atomic mass is 9.89. The van der Waals surface area contributed by atoms with Crippen LogP contribution in [0, 0.1) is 23.7 Å². The van der Waals surface area contributed by atoms with Gasteiger partial charge in [-0.3, -0.25) is 24.1 Å². The van der Waals surface area contributed by atoms with Crippen LogP contribution in [0.2, 0.25) is 5.02 Å². The number of fused-ring (bicyclic) bond motifs is 1. The number of carbonyl (C=O) groups is 4. The molecule has 4 aliphatic heterocycles. The summed E-state index contributed by atoms with van der Waals surface area (Å²) in [6, 6.07) is 23.9. The molecule has 3 aromatic rings. The Hall–Kier alpha value is -3.99. The summed E-state index contributed by atoms with van der Waals surface area (Å²) in [6.07, 6.45) is 4.98. The maximum absolute atomic E-state index is 13.6. The molecule has 0 spiro atoms. The minimum Gasteiger partial charge on any atom is -0.343 e. The van der Waals surface area contributed by atoms with Gasteiger partial charge in [-0.15, -0.1) is 0 Å². The van der Waals surface area contributed by atoms with E-state index in [1.54, 1.807) is 13.8 Å². The van der Waals surface area contributed by atoms with Crippen LogP contribution in [0.15, 0.2) is 66.7 Å². The Morgan fingerprint density at radius 3 is 1.73 bits per heavy atom. The van der Waals surface area contributed by atoms with E-state index in [-0.39, 0.29) is 29.8 Å². The number of benzene rings is 3. The van der Waals surface area contributed by atoms with E-state index in [0.717, 1.165) is 96.2 Å². The van der Waals surface area contributed by atoms with Crippen LogP contribution in [-0.2, 0) is 19.2 Å². The normalized spacial score (nSPS) is 21.6. The third kappa shape index (κ3) is 11.5.